The Kier molecular flexibility index (Phi) is 2.58. The average molecular weight is 244 g/mol. The van der Waals surface area contributed by atoms with E-state index >= 15 is 0 Å². The van der Waals surface area contributed by atoms with Gasteiger partial charge in [-0.15, -0.1) is 0 Å². The lowest BCUT2D eigenvalue weighted by molar-refractivity contribution is 0.430. The second kappa shape index (κ2) is 3.70. The van der Waals surface area contributed by atoms with Gasteiger partial charge in [-0.05, 0) is 34.7 Å². The topological polar surface area (TPSA) is 43.8 Å². The molecule has 1 aliphatic rings. The maximum absolute atomic E-state index is 5.64. The van der Waals surface area contributed by atoms with Gasteiger partial charge in [-0.3, -0.25) is 4.68 Å². The third-order valence-electron chi connectivity index (χ3n) is 2.66. The Labute approximate surface area is 86.4 Å². The highest BCUT2D eigenvalue weighted by atomic mass is 79.9. The number of rotatable bonds is 2. The van der Waals surface area contributed by atoms with Crippen molar-refractivity contribution in [2.45, 2.75) is 32.2 Å². The van der Waals surface area contributed by atoms with Crippen molar-refractivity contribution in [3.05, 3.63) is 10.7 Å². The van der Waals surface area contributed by atoms with Gasteiger partial charge in [-0.25, -0.2) is 0 Å². The maximum atomic E-state index is 5.64. The first-order chi connectivity index (χ1) is 6.25. The Morgan fingerprint density at radius 3 is 2.77 bits per heavy atom. The van der Waals surface area contributed by atoms with Crippen LogP contribution in [0.4, 0.5) is 5.82 Å². The van der Waals surface area contributed by atoms with Crippen LogP contribution in [0.15, 0.2) is 10.7 Å². The van der Waals surface area contributed by atoms with E-state index in [4.69, 9.17) is 5.73 Å². The number of halogens is 1. The van der Waals surface area contributed by atoms with Crippen molar-refractivity contribution in [2.24, 2.45) is 5.92 Å². The molecule has 0 atom stereocenters. The van der Waals surface area contributed by atoms with E-state index in [2.05, 4.69) is 21.0 Å². The van der Waals surface area contributed by atoms with Crippen LogP contribution >= 0.6 is 15.9 Å². The van der Waals surface area contributed by atoms with Gasteiger partial charge < -0.3 is 5.73 Å². The molecule has 1 saturated carbocycles. The number of hydrogen-bond acceptors (Lipinski definition) is 2. The molecule has 1 aromatic heterocycles. The molecule has 0 spiro atoms. The van der Waals surface area contributed by atoms with Gasteiger partial charge in [-0.2, -0.15) is 5.10 Å². The molecule has 3 nitrogen and oxygen atoms in total. The SMILES string of the molecule is Nc1nn(CC2CCCC2)cc1Br. The molecule has 1 aromatic rings. The molecule has 0 bridgehead atoms. The minimum absolute atomic E-state index is 0.595. The molecule has 72 valence electrons. The molecule has 13 heavy (non-hydrogen) atoms. The summed E-state index contributed by atoms with van der Waals surface area (Å²) in [7, 11) is 0. The summed E-state index contributed by atoms with van der Waals surface area (Å²) in [5.74, 6) is 1.41. The van der Waals surface area contributed by atoms with Gasteiger partial charge in [0.25, 0.3) is 0 Å². The van der Waals surface area contributed by atoms with Crippen molar-refractivity contribution in [2.75, 3.05) is 5.73 Å². The van der Waals surface area contributed by atoms with Gasteiger partial charge in [0.1, 0.15) is 0 Å². The standard InChI is InChI=1S/C9H14BrN3/c10-8-6-13(12-9(8)11)5-7-3-1-2-4-7/h6-7H,1-5H2,(H2,11,12). The van der Waals surface area contributed by atoms with Gasteiger partial charge in [0.05, 0.1) is 4.47 Å². The first kappa shape index (κ1) is 9.06. The summed E-state index contributed by atoms with van der Waals surface area (Å²) >= 11 is 3.36. The molecule has 1 aliphatic carbocycles. The fourth-order valence-corrected chi connectivity index (χ4v) is 2.28. The van der Waals surface area contributed by atoms with Crippen molar-refractivity contribution in [1.82, 2.24) is 9.78 Å². The van der Waals surface area contributed by atoms with E-state index in [0.717, 1.165) is 16.9 Å². The number of nitrogens with zero attached hydrogens (tertiary/aromatic N) is 2. The maximum Gasteiger partial charge on any atom is 0.159 e. The molecule has 1 heterocycles. The van der Waals surface area contributed by atoms with Crippen LogP contribution in [0, 0.1) is 5.92 Å². The van der Waals surface area contributed by atoms with Crippen molar-refractivity contribution in [3.8, 4) is 0 Å². The normalized spacial score (nSPS) is 18.2. The summed E-state index contributed by atoms with van der Waals surface area (Å²) in [6.07, 6.45) is 7.41. The lowest BCUT2D eigenvalue weighted by Gasteiger charge is -2.07. The quantitative estimate of drug-likeness (QED) is 0.868. The van der Waals surface area contributed by atoms with Crippen molar-refractivity contribution >= 4 is 21.7 Å². The van der Waals surface area contributed by atoms with E-state index in [1.165, 1.54) is 25.7 Å². The monoisotopic (exact) mass is 243 g/mol. The molecule has 0 radical (unpaired) electrons. The third kappa shape index (κ3) is 2.05. The Bertz CT molecular complexity index is 270. The van der Waals surface area contributed by atoms with Crippen LogP contribution in [0.2, 0.25) is 0 Å². The lowest BCUT2D eigenvalue weighted by atomic mass is 10.1. The molecule has 2 rings (SSSR count). The van der Waals surface area contributed by atoms with E-state index in [1.54, 1.807) is 0 Å². The average Bonchev–Trinajstić information content (AvgIpc) is 2.64. The highest BCUT2D eigenvalue weighted by Gasteiger charge is 2.16. The Balaban J connectivity index is 2.00. The van der Waals surface area contributed by atoms with Gasteiger partial charge in [0, 0.05) is 12.7 Å². The molecule has 0 unspecified atom stereocenters. The van der Waals surface area contributed by atoms with Crippen molar-refractivity contribution < 1.29 is 0 Å². The molecule has 0 aromatic carbocycles. The smallest absolute Gasteiger partial charge is 0.159 e. The summed E-state index contributed by atoms with van der Waals surface area (Å²) in [6.45, 7) is 1.02. The van der Waals surface area contributed by atoms with Crippen LogP contribution in [0.1, 0.15) is 25.7 Å². The first-order valence-corrected chi connectivity index (χ1v) is 5.53. The van der Waals surface area contributed by atoms with Crippen LogP contribution in [0.25, 0.3) is 0 Å². The fourth-order valence-electron chi connectivity index (χ4n) is 1.96. The molecule has 0 aliphatic heterocycles. The van der Waals surface area contributed by atoms with Crippen LogP contribution in [0.3, 0.4) is 0 Å². The number of hydrogen-bond donors (Lipinski definition) is 1. The molecular weight excluding hydrogens is 230 g/mol. The first-order valence-electron chi connectivity index (χ1n) is 4.74. The predicted octanol–water partition coefficient (Wildman–Crippen LogP) is 2.42. The summed E-state index contributed by atoms with van der Waals surface area (Å²) in [6, 6.07) is 0. The second-order valence-electron chi connectivity index (χ2n) is 3.73. The number of nitrogen functional groups attached to an aromatic ring is 1. The van der Waals surface area contributed by atoms with Crippen LogP contribution in [-0.2, 0) is 6.54 Å². The molecule has 1 fully saturated rings. The molecule has 0 amide bonds. The van der Waals surface area contributed by atoms with E-state index in [9.17, 15) is 0 Å². The zero-order chi connectivity index (χ0) is 9.26. The van der Waals surface area contributed by atoms with Gasteiger partial charge in [0.15, 0.2) is 5.82 Å². The van der Waals surface area contributed by atoms with E-state index in [1.807, 2.05) is 10.9 Å². The molecule has 4 heteroatoms. The van der Waals surface area contributed by atoms with Crippen molar-refractivity contribution in [1.29, 1.82) is 0 Å². The van der Waals surface area contributed by atoms with Gasteiger partial charge in [-0.1, -0.05) is 12.8 Å². The minimum atomic E-state index is 0.595. The Morgan fingerprint density at radius 2 is 2.23 bits per heavy atom. The number of aromatic nitrogens is 2. The summed E-state index contributed by atoms with van der Waals surface area (Å²) in [5, 5.41) is 4.22. The fraction of sp³-hybridized carbons (Fsp3) is 0.667. The molecule has 0 saturated heterocycles. The third-order valence-corrected chi connectivity index (χ3v) is 3.27. The van der Waals surface area contributed by atoms with Crippen molar-refractivity contribution in [3.63, 3.8) is 0 Å². The molecular formula is C9H14BrN3. The number of anilines is 1. The van der Waals surface area contributed by atoms with E-state index in [-0.39, 0.29) is 0 Å². The second-order valence-corrected chi connectivity index (χ2v) is 4.59. The summed E-state index contributed by atoms with van der Waals surface area (Å²) < 4.78 is 2.86. The summed E-state index contributed by atoms with van der Waals surface area (Å²) in [5.41, 5.74) is 5.64. The van der Waals surface area contributed by atoms with Gasteiger partial charge in [0.2, 0.25) is 0 Å². The minimum Gasteiger partial charge on any atom is -0.381 e. The number of nitrogens with two attached hydrogens (primary N) is 1. The Morgan fingerprint density at radius 1 is 1.54 bits per heavy atom. The van der Waals surface area contributed by atoms with Crippen LogP contribution < -0.4 is 5.73 Å². The zero-order valence-corrected chi connectivity index (χ0v) is 9.13. The van der Waals surface area contributed by atoms with Gasteiger partial charge >= 0.3 is 0 Å². The van der Waals surface area contributed by atoms with E-state index in [0.29, 0.717) is 5.82 Å². The molecule has 2 N–H and O–H groups in total. The van der Waals surface area contributed by atoms with Crippen LogP contribution in [0.5, 0.6) is 0 Å². The summed E-state index contributed by atoms with van der Waals surface area (Å²) in [4.78, 5) is 0. The zero-order valence-electron chi connectivity index (χ0n) is 7.54. The highest BCUT2D eigenvalue weighted by molar-refractivity contribution is 9.10. The van der Waals surface area contributed by atoms with E-state index < -0.39 is 0 Å². The Hall–Kier alpha value is -0.510. The predicted molar refractivity (Wildman–Crippen MR) is 56.3 cm³/mol. The van der Waals surface area contributed by atoms with Crippen LogP contribution in [-0.4, -0.2) is 9.78 Å². The highest BCUT2D eigenvalue weighted by Crippen LogP contribution is 2.27. The largest absolute Gasteiger partial charge is 0.381 e. The lowest BCUT2D eigenvalue weighted by Crippen LogP contribution is -2.07.